The van der Waals surface area contributed by atoms with Crippen molar-refractivity contribution in [1.29, 1.82) is 0 Å². The molecule has 0 fully saturated rings. The number of hydrogen-bond acceptors (Lipinski definition) is 3. The number of carbonyl (C=O) groups excluding carboxylic acids is 1. The van der Waals surface area contributed by atoms with E-state index in [4.69, 9.17) is 17.0 Å². The molecule has 2 rings (SSSR count). The van der Waals surface area contributed by atoms with Crippen LogP contribution in [0.4, 0.5) is 0 Å². The average Bonchev–Trinajstić information content (AvgIpc) is 2.33. The molecule has 1 aromatic rings. The van der Waals surface area contributed by atoms with Gasteiger partial charge in [-0.25, -0.2) is 0 Å². The Morgan fingerprint density at radius 1 is 1.31 bits per heavy atom. The second-order valence-electron chi connectivity index (χ2n) is 3.64. The molecule has 0 atom stereocenters. The van der Waals surface area contributed by atoms with Crippen molar-refractivity contribution in [2.24, 2.45) is 0 Å². The van der Waals surface area contributed by atoms with Gasteiger partial charge >= 0.3 is 0 Å². The number of benzene rings is 1. The minimum Gasteiger partial charge on any atom is -0.495 e. The van der Waals surface area contributed by atoms with Crippen LogP contribution in [0, 0.1) is 0 Å². The third-order valence-electron chi connectivity index (χ3n) is 2.71. The van der Waals surface area contributed by atoms with E-state index >= 15 is 0 Å². The molecular formula is C13H12O2S. The SMILES string of the molecule is CCc1ccc2c(c1)C(=O)C=C(OC)C2=S. The molecule has 3 heteroatoms. The van der Waals surface area contributed by atoms with Gasteiger partial charge in [0.1, 0.15) is 5.76 Å². The van der Waals surface area contributed by atoms with Crippen molar-refractivity contribution in [1.82, 2.24) is 0 Å². The van der Waals surface area contributed by atoms with Crippen LogP contribution >= 0.6 is 12.2 Å². The number of aryl methyl sites for hydroxylation is 1. The maximum atomic E-state index is 11.9. The summed E-state index contributed by atoms with van der Waals surface area (Å²) >= 11 is 5.27. The highest BCUT2D eigenvalue weighted by atomic mass is 32.1. The molecule has 0 saturated carbocycles. The summed E-state index contributed by atoms with van der Waals surface area (Å²) in [4.78, 5) is 12.5. The van der Waals surface area contributed by atoms with Gasteiger partial charge in [0.25, 0.3) is 0 Å². The van der Waals surface area contributed by atoms with Gasteiger partial charge in [0.2, 0.25) is 0 Å². The molecular weight excluding hydrogens is 220 g/mol. The summed E-state index contributed by atoms with van der Waals surface area (Å²) in [5.74, 6) is 0.451. The van der Waals surface area contributed by atoms with E-state index < -0.39 is 0 Å². The van der Waals surface area contributed by atoms with Crippen LogP contribution in [0.5, 0.6) is 0 Å². The molecule has 1 aliphatic rings. The Hall–Kier alpha value is -1.48. The fourth-order valence-corrected chi connectivity index (χ4v) is 2.08. The summed E-state index contributed by atoms with van der Waals surface area (Å²) in [6, 6.07) is 5.81. The second-order valence-corrected chi connectivity index (χ2v) is 4.05. The molecule has 0 radical (unpaired) electrons. The first kappa shape index (κ1) is 11.0. The molecule has 2 nitrogen and oxygen atoms in total. The Balaban J connectivity index is 2.56. The van der Waals surface area contributed by atoms with Gasteiger partial charge in [0, 0.05) is 17.2 Å². The number of allylic oxidation sites excluding steroid dienone is 2. The van der Waals surface area contributed by atoms with Crippen molar-refractivity contribution in [2.75, 3.05) is 7.11 Å². The van der Waals surface area contributed by atoms with E-state index in [-0.39, 0.29) is 5.78 Å². The van der Waals surface area contributed by atoms with Crippen LogP contribution in [-0.2, 0) is 11.2 Å². The van der Waals surface area contributed by atoms with E-state index in [1.807, 2.05) is 18.2 Å². The van der Waals surface area contributed by atoms with Gasteiger partial charge in [-0.2, -0.15) is 0 Å². The van der Waals surface area contributed by atoms with E-state index in [0.717, 1.165) is 17.5 Å². The highest BCUT2D eigenvalue weighted by Gasteiger charge is 2.23. The lowest BCUT2D eigenvalue weighted by molar-refractivity contribution is 0.104. The van der Waals surface area contributed by atoms with Gasteiger partial charge in [-0.05, 0) is 18.1 Å². The van der Waals surface area contributed by atoms with Crippen LogP contribution in [0.3, 0.4) is 0 Å². The maximum absolute atomic E-state index is 11.9. The number of hydrogen-bond donors (Lipinski definition) is 0. The molecule has 0 N–H and O–H groups in total. The normalized spacial score (nSPS) is 14.5. The van der Waals surface area contributed by atoms with Crippen LogP contribution in [0.25, 0.3) is 0 Å². The molecule has 0 unspecified atom stereocenters. The van der Waals surface area contributed by atoms with Crippen molar-refractivity contribution >= 4 is 22.9 Å². The van der Waals surface area contributed by atoms with E-state index in [9.17, 15) is 4.79 Å². The molecule has 16 heavy (non-hydrogen) atoms. The summed E-state index contributed by atoms with van der Waals surface area (Å²) in [5, 5.41) is 0. The highest BCUT2D eigenvalue weighted by Crippen LogP contribution is 2.23. The third kappa shape index (κ3) is 1.67. The Kier molecular flexibility index (Phi) is 2.88. The van der Waals surface area contributed by atoms with Crippen LogP contribution in [0.15, 0.2) is 30.0 Å². The van der Waals surface area contributed by atoms with Crippen molar-refractivity contribution < 1.29 is 9.53 Å². The van der Waals surface area contributed by atoms with E-state index in [1.165, 1.54) is 13.2 Å². The van der Waals surface area contributed by atoms with Crippen LogP contribution in [0.1, 0.15) is 28.4 Å². The summed E-state index contributed by atoms with van der Waals surface area (Å²) in [5.41, 5.74) is 2.63. The minimum absolute atomic E-state index is 0.0317. The standard InChI is InChI=1S/C13H12O2S/c1-3-8-4-5-9-10(6-8)11(14)7-12(15-2)13(9)16/h4-7H,3H2,1-2H3. The second kappa shape index (κ2) is 4.18. The predicted molar refractivity (Wildman–Crippen MR) is 66.9 cm³/mol. The first-order valence-corrected chi connectivity index (χ1v) is 5.55. The first-order chi connectivity index (χ1) is 7.67. The molecule has 0 amide bonds. The molecule has 1 aliphatic carbocycles. The Labute approximate surface area is 99.9 Å². The Morgan fingerprint density at radius 2 is 2.06 bits per heavy atom. The number of carbonyl (C=O) groups is 1. The third-order valence-corrected chi connectivity index (χ3v) is 3.13. The van der Waals surface area contributed by atoms with Crippen LogP contribution in [-0.4, -0.2) is 17.8 Å². The lowest BCUT2D eigenvalue weighted by Gasteiger charge is -2.16. The molecule has 82 valence electrons. The molecule has 0 spiro atoms. The first-order valence-electron chi connectivity index (χ1n) is 5.15. The summed E-state index contributed by atoms with van der Waals surface area (Å²) in [6.07, 6.45) is 2.37. The largest absolute Gasteiger partial charge is 0.495 e. The number of methoxy groups -OCH3 is 1. The highest BCUT2D eigenvalue weighted by molar-refractivity contribution is 7.81. The fraction of sp³-hybridized carbons (Fsp3) is 0.231. The zero-order chi connectivity index (χ0) is 11.7. The zero-order valence-corrected chi connectivity index (χ0v) is 10.1. The van der Waals surface area contributed by atoms with Crippen molar-refractivity contribution in [3.63, 3.8) is 0 Å². The quantitative estimate of drug-likeness (QED) is 0.733. The van der Waals surface area contributed by atoms with Gasteiger partial charge in [-0.15, -0.1) is 0 Å². The zero-order valence-electron chi connectivity index (χ0n) is 9.24. The van der Waals surface area contributed by atoms with Crippen molar-refractivity contribution in [2.45, 2.75) is 13.3 Å². The lowest BCUT2D eigenvalue weighted by atomic mass is 9.92. The van der Waals surface area contributed by atoms with E-state index in [1.54, 1.807) is 0 Å². The average molecular weight is 232 g/mol. The summed E-state index contributed by atoms with van der Waals surface area (Å²) in [6.45, 7) is 2.06. The van der Waals surface area contributed by atoms with E-state index in [2.05, 4.69) is 6.92 Å². The molecule has 1 aromatic carbocycles. The van der Waals surface area contributed by atoms with Gasteiger partial charge < -0.3 is 4.74 Å². The van der Waals surface area contributed by atoms with Crippen LogP contribution in [0.2, 0.25) is 0 Å². The predicted octanol–water partition coefficient (Wildman–Crippen LogP) is 2.69. The van der Waals surface area contributed by atoms with Gasteiger partial charge in [-0.1, -0.05) is 31.3 Å². The number of ether oxygens (including phenoxy) is 1. The lowest BCUT2D eigenvalue weighted by Crippen LogP contribution is -2.17. The molecule has 0 bridgehead atoms. The number of rotatable bonds is 2. The minimum atomic E-state index is -0.0317. The number of ketones is 1. The topological polar surface area (TPSA) is 26.3 Å². The fourth-order valence-electron chi connectivity index (χ4n) is 1.76. The number of thiocarbonyl (C=S) groups is 1. The smallest absolute Gasteiger partial charge is 0.190 e. The summed E-state index contributed by atoms with van der Waals surface area (Å²) < 4.78 is 5.09. The number of fused-ring (bicyclic) bond motifs is 1. The molecule has 0 aliphatic heterocycles. The molecule has 0 aromatic heterocycles. The van der Waals surface area contributed by atoms with Crippen molar-refractivity contribution in [3.8, 4) is 0 Å². The maximum Gasteiger partial charge on any atom is 0.190 e. The van der Waals surface area contributed by atoms with Crippen LogP contribution < -0.4 is 0 Å². The van der Waals surface area contributed by atoms with E-state index in [0.29, 0.717) is 16.2 Å². The van der Waals surface area contributed by atoms with Gasteiger partial charge in [0.05, 0.1) is 12.0 Å². The van der Waals surface area contributed by atoms with Gasteiger partial charge in [-0.3, -0.25) is 4.79 Å². The summed E-state index contributed by atoms with van der Waals surface area (Å²) in [7, 11) is 1.52. The van der Waals surface area contributed by atoms with Crippen molar-refractivity contribution in [3.05, 3.63) is 46.7 Å². The Morgan fingerprint density at radius 3 is 2.69 bits per heavy atom. The monoisotopic (exact) mass is 232 g/mol. The Bertz CT molecular complexity index is 501. The molecule has 0 saturated heterocycles. The van der Waals surface area contributed by atoms with Gasteiger partial charge in [0.15, 0.2) is 5.78 Å². The molecule has 0 heterocycles.